The van der Waals surface area contributed by atoms with Crippen molar-refractivity contribution in [1.29, 1.82) is 0 Å². The van der Waals surface area contributed by atoms with Gasteiger partial charge in [-0.05, 0) is 50.1 Å². The van der Waals surface area contributed by atoms with Crippen LogP contribution in [0.1, 0.15) is 61.8 Å². The summed E-state index contributed by atoms with van der Waals surface area (Å²) in [5, 5.41) is 7.60. The number of amides is 2. The molecule has 9 rings (SSSR count). The lowest BCUT2D eigenvalue weighted by Gasteiger charge is -2.32. The van der Waals surface area contributed by atoms with Gasteiger partial charge in [-0.2, -0.15) is 36.5 Å². The number of aryl methyl sites for hydroxylation is 3. The summed E-state index contributed by atoms with van der Waals surface area (Å²) in [5.41, 5.74) is 4.63. The highest BCUT2D eigenvalue weighted by atomic mass is 19.4. The van der Waals surface area contributed by atoms with Crippen molar-refractivity contribution < 1.29 is 50.1 Å². The van der Waals surface area contributed by atoms with Gasteiger partial charge in [0.15, 0.2) is 0 Å². The maximum absolute atomic E-state index is 13.6. The Labute approximate surface area is 332 Å². The van der Waals surface area contributed by atoms with Crippen LogP contribution in [0.5, 0.6) is 5.75 Å². The van der Waals surface area contributed by atoms with Gasteiger partial charge in [-0.3, -0.25) is 38.7 Å². The smallest absolute Gasteiger partial charge is 0.408 e. The van der Waals surface area contributed by atoms with Gasteiger partial charge < -0.3 is 14.2 Å². The Kier molecular flexibility index (Phi) is 9.77. The third-order valence-corrected chi connectivity index (χ3v) is 10.8. The normalized spacial score (nSPS) is 21.1. The minimum absolute atomic E-state index is 0.183. The number of carbonyl (C=O) groups is 2. The summed E-state index contributed by atoms with van der Waals surface area (Å²) in [6.07, 6.45) is 0.477. The Balaban J connectivity index is 0.000000169. The van der Waals surface area contributed by atoms with Crippen LogP contribution in [0.4, 0.5) is 37.7 Å². The van der Waals surface area contributed by atoms with Gasteiger partial charge in [0.1, 0.15) is 29.9 Å². The molecule has 2 saturated heterocycles. The summed E-state index contributed by atoms with van der Waals surface area (Å²) in [6, 6.07) is 5.43. The van der Waals surface area contributed by atoms with Gasteiger partial charge in [-0.25, -0.2) is 4.98 Å². The number of anilines is 2. The van der Waals surface area contributed by atoms with E-state index in [9.17, 15) is 35.9 Å². The molecule has 4 aliphatic rings. The zero-order chi connectivity index (χ0) is 42.1. The highest BCUT2D eigenvalue weighted by molar-refractivity contribution is 6.13. The van der Waals surface area contributed by atoms with Crippen LogP contribution < -0.4 is 14.5 Å². The van der Waals surface area contributed by atoms with Crippen LogP contribution in [0, 0.1) is 20.8 Å². The summed E-state index contributed by atoms with van der Waals surface area (Å²) < 4.78 is 94.5. The van der Waals surface area contributed by atoms with Crippen molar-refractivity contribution in [1.82, 2.24) is 34.5 Å². The number of rotatable bonds is 6. The van der Waals surface area contributed by atoms with Crippen molar-refractivity contribution in [3.05, 3.63) is 94.7 Å². The molecule has 2 spiro atoms. The van der Waals surface area contributed by atoms with Crippen LogP contribution in [0.25, 0.3) is 11.3 Å². The average Bonchev–Trinajstić information content (AvgIpc) is 4.02. The second-order valence-electron chi connectivity index (χ2n) is 14.9. The van der Waals surface area contributed by atoms with E-state index in [2.05, 4.69) is 20.2 Å². The minimum atomic E-state index is -4.42. The summed E-state index contributed by atoms with van der Waals surface area (Å²) in [5.74, 6) is -0.0365. The quantitative estimate of drug-likeness (QED) is 0.181. The molecule has 59 heavy (non-hydrogen) atoms. The molecule has 0 N–H and O–H groups in total. The highest BCUT2D eigenvalue weighted by Crippen LogP contribution is 2.49. The van der Waals surface area contributed by atoms with E-state index in [1.165, 1.54) is 34.6 Å². The molecule has 5 aromatic rings. The van der Waals surface area contributed by atoms with Crippen LogP contribution in [0.15, 0.2) is 55.4 Å². The average molecular weight is 826 g/mol. The molecule has 4 aliphatic heterocycles. The summed E-state index contributed by atoms with van der Waals surface area (Å²) in [7, 11) is 1.54. The van der Waals surface area contributed by atoms with E-state index in [1.807, 2.05) is 26.8 Å². The molecule has 310 valence electrons. The van der Waals surface area contributed by atoms with Gasteiger partial charge >= 0.3 is 12.4 Å². The molecular weight excluding hydrogens is 788 g/mol. The number of methoxy groups -OCH3 is 1. The molecular formula is C39H37F6N9O5. The van der Waals surface area contributed by atoms with Crippen molar-refractivity contribution in [3.8, 4) is 17.0 Å². The number of alkyl halides is 6. The number of aromatic nitrogens is 7. The zero-order valence-corrected chi connectivity index (χ0v) is 32.2. The van der Waals surface area contributed by atoms with Crippen molar-refractivity contribution in [2.24, 2.45) is 0 Å². The second-order valence-corrected chi connectivity index (χ2v) is 14.9. The fraction of sp³-hybridized carbons (Fsp3) is 0.410. The van der Waals surface area contributed by atoms with Gasteiger partial charge in [0, 0.05) is 55.9 Å². The molecule has 0 aromatic carbocycles. The number of halogens is 6. The summed E-state index contributed by atoms with van der Waals surface area (Å²) in [4.78, 5) is 43.3. The highest BCUT2D eigenvalue weighted by Gasteiger charge is 2.56. The van der Waals surface area contributed by atoms with E-state index in [1.54, 1.807) is 31.6 Å². The van der Waals surface area contributed by atoms with Crippen molar-refractivity contribution >= 4 is 23.2 Å². The topological polar surface area (TPSA) is 143 Å². The molecule has 2 fully saturated rings. The monoisotopic (exact) mass is 825 g/mol. The summed E-state index contributed by atoms with van der Waals surface area (Å²) in [6.45, 7) is 4.35. The third-order valence-electron chi connectivity index (χ3n) is 10.8. The molecule has 0 radical (unpaired) electrons. The Morgan fingerprint density at radius 2 is 1.22 bits per heavy atom. The predicted octanol–water partition coefficient (Wildman–Crippen LogP) is 6.23. The van der Waals surface area contributed by atoms with Gasteiger partial charge in [0.25, 0.3) is 11.8 Å². The van der Waals surface area contributed by atoms with Crippen molar-refractivity contribution in [2.45, 2.75) is 70.1 Å². The van der Waals surface area contributed by atoms with Crippen molar-refractivity contribution in [3.63, 3.8) is 0 Å². The SMILES string of the molecule is COc1cncc(-c2cc(C)c3c(n2)C2(CCOC2)N(c2cnn(CC(F)(F)F)c2)C3=O)c1.Cc1cc(C)c2c(n1)C1(CCOC1)N(c1cnn(CC(F)(F)F)c1)C2=O. The standard InChI is InChI=1S/C22H20F3N5O3.C17H17F3N4O2/c1-13-5-17(14-6-16(32-2)9-26-7-14)28-19-18(13)20(31)30(21(19)3-4-33-12-21)15-8-27-29(10-15)11-22(23,24)25;1-10-5-11(2)22-14-13(10)15(25)24(16(14)3-4-26-9-16)12-6-21-23(7-12)8-17(18,19)20/h5-10H,3-4,11-12H2,1-2H3;5-7H,3-4,8-9H2,1-2H3. The van der Waals surface area contributed by atoms with Crippen LogP contribution in [-0.4, -0.2) is 92.2 Å². The molecule has 0 aliphatic carbocycles. The van der Waals surface area contributed by atoms with E-state index >= 15 is 0 Å². The Morgan fingerprint density at radius 3 is 1.69 bits per heavy atom. The second kappa shape index (κ2) is 14.4. The fourth-order valence-electron chi connectivity index (χ4n) is 8.41. The number of hydrogen-bond acceptors (Lipinski definition) is 10. The molecule has 20 heteroatoms. The molecule has 0 saturated carbocycles. The van der Waals surface area contributed by atoms with Crippen LogP contribution in [-0.2, 0) is 33.6 Å². The lowest BCUT2D eigenvalue weighted by Crippen LogP contribution is -2.45. The molecule has 2 unspecified atom stereocenters. The zero-order valence-electron chi connectivity index (χ0n) is 32.2. The van der Waals surface area contributed by atoms with Gasteiger partial charge in [-0.15, -0.1) is 0 Å². The third kappa shape index (κ3) is 7.06. The molecule has 2 amide bonds. The maximum atomic E-state index is 13.6. The molecule has 2 atom stereocenters. The van der Waals surface area contributed by atoms with Gasteiger partial charge in [0.05, 0.1) is 78.5 Å². The number of ether oxygens (including phenoxy) is 3. The van der Waals surface area contributed by atoms with E-state index in [0.717, 1.165) is 26.2 Å². The summed E-state index contributed by atoms with van der Waals surface area (Å²) >= 11 is 0. The maximum Gasteiger partial charge on any atom is 0.408 e. The number of pyridine rings is 3. The largest absolute Gasteiger partial charge is 0.495 e. The van der Waals surface area contributed by atoms with Crippen LogP contribution >= 0.6 is 0 Å². The number of fused-ring (bicyclic) bond motifs is 4. The van der Waals surface area contributed by atoms with E-state index < -0.39 is 36.5 Å². The predicted molar refractivity (Wildman–Crippen MR) is 197 cm³/mol. The van der Waals surface area contributed by atoms with Crippen LogP contribution in [0.3, 0.4) is 0 Å². The van der Waals surface area contributed by atoms with Crippen molar-refractivity contribution in [2.75, 3.05) is 43.3 Å². The van der Waals surface area contributed by atoms with E-state index in [4.69, 9.17) is 19.2 Å². The Hall–Kier alpha value is -5.89. The Bertz CT molecular complexity index is 2450. The first-order valence-corrected chi connectivity index (χ1v) is 18.5. The molecule has 5 aromatic heterocycles. The number of hydrogen-bond donors (Lipinski definition) is 0. The lowest BCUT2D eigenvalue weighted by atomic mass is 9.91. The van der Waals surface area contributed by atoms with Gasteiger partial charge in [0.2, 0.25) is 0 Å². The van der Waals surface area contributed by atoms with E-state index in [0.29, 0.717) is 71.3 Å². The first-order valence-electron chi connectivity index (χ1n) is 18.5. The Morgan fingerprint density at radius 1 is 0.712 bits per heavy atom. The fourth-order valence-corrected chi connectivity index (χ4v) is 8.41. The minimum Gasteiger partial charge on any atom is -0.495 e. The molecule has 9 heterocycles. The van der Waals surface area contributed by atoms with Gasteiger partial charge in [-0.1, -0.05) is 0 Å². The molecule has 0 bridgehead atoms. The first-order chi connectivity index (χ1) is 27.9. The number of carbonyl (C=O) groups excluding carboxylic acids is 2. The van der Waals surface area contributed by atoms with Crippen LogP contribution in [0.2, 0.25) is 0 Å². The first kappa shape index (κ1) is 39.9. The molecule has 14 nitrogen and oxygen atoms in total. The van der Waals surface area contributed by atoms with E-state index in [-0.39, 0.29) is 30.7 Å². The number of nitrogens with zero attached hydrogens (tertiary/aromatic N) is 9. The lowest BCUT2D eigenvalue weighted by molar-refractivity contribution is -0.143.